The third-order valence-electron chi connectivity index (χ3n) is 2.54. The van der Waals surface area contributed by atoms with Crippen LogP contribution < -0.4 is 0 Å². The molecular weight excluding hydrogens is 276 g/mol. The molecule has 0 aliphatic carbocycles. The van der Waals surface area contributed by atoms with E-state index in [0.717, 1.165) is 10.7 Å². The number of nitrogens with zero attached hydrogens (tertiary/aromatic N) is 2. The maximum Gasteiger partial charge on any atom is 0.325 e. The van der Waals surface area contributed by atoms with Gasteiger partial charge in [-0.2, -0.15) is 0 Å². The van der Waals surface area contributed by atoms with E-state index in [9.17, 15) is 9.59 Å². The van der Waals surface area contributed by atoms with Gasteiger partial charge in [-0.25, -0.2) is 4.98 Å². The summed E-state index contributed by atoms with van der Waals surface area (Å²) in [5.74, 6) is -0.619. The van der Waals surface area contributed by atoms with Gasteiger partial charge in [-0.3, -0.25) is 9.59 Å². The van der Waals surface area contributed by atoms with Gasteiger partial charge in [0.2, 0.25) is 5.91 Å². The highest BCUT2D eigenvalue weighted by Gasteiger charge is 2.18. The van der Waals surface area contributed by atoms with Crippen molar-refractivity contribution in [2.75, 3.05) is 13.2 Å². The molecule has 5 nitrogen and oxygen atoms in total. The van der Waals surface area contributed by atoms with Crippen molar-refractivity contribution < 1.29 is 14.3 Å². The van der Waals surface area contributed by atoms with Crippen molar-refractivity contribution in [3.8, 4) is 0 Å². The van der Waals surface area contributed by atoms with Crippen molar-refractivity contribution in [2.24, 2.45) is 0 Å². The molecule has 110 valence electrons. The van der Waals surface area contributed by atoms with Crippen LogP contribution in [0.2, 0.25) is 0 Å². The fraction of sp³-hybridized carbons (Fsp3) is 0.500. The Bertz CT molecular complexity index is 494. The van der Waals surface area contributed by atoms with E-state index >= 15 is 0 Å². The van der Waals surface area contributed by atoms with Gasteiger partial charge in [-0.15, -0.1) is 11.3 Å². The molecule has 1 rings (SSSR count). The lowest BCUT2D eigenvalue weighted by molar-refractivity contribution is -0.148. The van der Waals surface area contributed by atoms with E-state index in [4.69, 9.17) is 4.74 Å². The van der Waals surface area contributed by atoms with E-state index in [1.165, 1.54) is 22.3 Å². The molecule has 1 heterocycles. The average Bonchev–Trinajstić information content (AvgIpc) is 2.79. The van der Waals surface area contributed by atoms with Gasteiger partial charge in [0, 0.05) is 17.5 Å². The molecule has 6 heteroatoms. The molecule has 0 saturated heterocycles. The number of amides is 1. The topological polar surface area (TPSA) is 59.5 Å². The van der Waals surface area contributed by atoms with Crippen LogP contribution in [0.3, 0.4) is 0 Å². The van der Waals surface area contributed by atoms with Gasteiger partial charge in [0.15, 0.2) is 0 Å². The monoisotopic (exact) mass is 296 g/mol. The number of thiazole rings is 1. The van der Waals surface area contributed by atoms with E-state index in [-0.39, 0.29) is 18.5 Å². The second-order valence-corrected chi connectivity index (χ2v) is 5.55. The fourth-order valence-electron chi connectivity index (χ4n) is 1.57. The number of carbonyl (C=O) groups excluding carboxylic acids is 2. The number of hydrogen-bond donors (Lipinski definition) is 0. The Kier molecular flexibility index (Phi) is 6.38. The number of ether oxygens (including phenoxy) is 1. The highest BCUT2D eigenvalue weighted by atomic mass is 32.1. The molecule has 1 aromatic rings. The quantitative estimate of drug-likeness (QED) is 0.597. The maximum atomic E-state index is 12.1. The number of hydrogen-bond acceptors (Lipinski definition) is 5. The second-order valence-electron chi connectivity index (χ2n) is 4.49. The van der Waals surface area contributed by atoms with Crippen molar-refractivity contribution in [3.63, 3.8) is 0 Å². The molecule has 0 aliphatic rings. The number of aryl methyl sites for hydroxylation is 1. The maximum absolute atomic E-state index is 12.1. The molecule has 0 unspecified atom stereocenters. The molecule has 0 radical (unpaired) electrons. The van der Waals surface area contributed by atoms with E-state index in [2.05, 4.69) is 4.98 Å². The highest BCUT2D eigenvalue weighted by molar-refractivity contribution is 7.09. The molecule has 0 fully saturated rings. The summed E-state index contributed by atoms with van der Waals surface area (Å²) in [5, 5.41) is 2.83. The Morgan fingerprint density at radius 2 is 2.20 bits per heavy atom. The first-order valence-corrected chi connectivity index (χ1v) is 7.38. The fourth-order valence-corrected chi connectivity index (χ4v) is 2.15. The van der Waals surface area contributed by atoms with Crippen molar-refractivity contribution in [2.45, 2.75) is 33.7 Å². The van der Waals surface area contributed by atoms with E-state index in [1.807, 2.05) is 26.2 Å². The van der Waals surface area contributed by atoms with Gasteiger partial charge in [-0.05, 0) is 33.8 Å². The first-order chi connectivity index (χ1) is 9.43. The SMILES string of the molecule is CCOC(=O)CN(C(=O)/C=C/c1csc(C)n1)C(C)C. The van der Waals surface area contributed by atoms with E-state index < -0.39 is 5.97 Å². The predicted octanol–water partition coefficient (Wildman–Crippen LogP) is 2.26. The van der Waals surface area contributed by atoms with Gasteiger partial charge in [-0.1, -0.05) is 0 Å². The lowest BCUT2D eigenvalue weighted by atomic mass is 10.3. The Morgan fingerprint density at radius 3 is 2.70 bits per heavy atom. The molecule has 0 aromatic carbocycles. The van der Waals surface area contributed by atoms with Gasteiger partial charge in [0.05, 0.1) is 17.3 Å². The Morgan fingerprint density at radius 1 is 1.50 bits per heavy atom. The molecule has 0 atom stereocenters. The van der Waals surface area contributed by atoms with Crippen LogP contribution in [0.15, 0.2) is 11.5 Å². The number of carbonyl (C=O) groups is 2. The third-order valence-corrected chi connectivity index (χ3v) is 3.34. The molecule has 1 aromatic heterocycles. The van der Waals surface area contributed by atoms with Crippen molar-refractivity contribution in [3.05, 3.63) is 22.2 Å². The molecule has 0 N–H and O–H groups in total. The van der Waals surface area contributed by atoms with Crippen molar-refractivity contribution in [1.29, 1.82) is 0 Å². The Balaban J connectivity index is 2.69. The van der Waals surface area contributed by atoms with E-state index in [0.29, 0.717) is 6.61 Å². The molecule has 0 aliphatic heterocycles. The first-order valence-electron chi connectivity index (χ1n) is 6.50. The Hall–Kier alpha value is -1.69. The minimum atomic E-state index is -0.396. The molecule has 20 heavy (non-hydrogen) atoms. The molecule has 0 saturated carbocycles. The summed E-state index contributed by atoms with van der Waals surface area (Å²) < 4.78 is 4.87. The normalized spacial score (nSPS) is 11.1. The second kappa shape index (κ2) is 7.79. The lowest BCUT2D eigenvalue weighted by Gasteiger charge is -2.24. The van der Waals surface area contributed by atoms with Gasteiger partial charge in [0.25, 0.3) is 0 Å². The zero-order valence-electron chi connectivity index (χ0n) is 12.3. The summed E-state index contributed by atoms with van der Waals surface area (Å²) in [4.78, 5) is 29.3. The largest absolute Gasteiger partial charge is 0.465 e. The Labute approximate surface area is 123 Å². The zero-order valence-corrected chi connectivity index (χ0v) is 13.1. The van der Waals surface area contributed by atoms with Gasteiger partial charge < -0.3 is 9.64 Å². The summed E-state index contributed by atoms with van der Waals surface area (Å²) in [6.45, 7) is 7.64. The van der Waals surface area contributed by atoms with Crippen LogP contribution in [0.5, 0.6) is 0 Å². The van der Waals surface area contributed by atoms with Crippen LogP contribution in [-0.4, -0.2) is 41.0 Å². The minimum Gasteiger partial charge on any atom is -0.465 e. The predicted molar refractivity (Wildman–Crippen MR) is 79.4 cm³/mol. The van der Waals surface area contributed by atoms with E-state index in [1.54, 1.807) is 13.0 Å². The number of aromatic nitrogens is 1. The zero-order chi connectivity index (χ0) is 15.1. The highest BCUT2D eigenvalue weighted by Crippen LogP contribution is 2.10. The minimum absolute atomic E-state index is 0.0369. The van der Waals surface area contributed by atoms with Crippen LogP contribution in [0.4, 0.5) is 0 Å². The van der Waals surface area contributed by atoms with Gasteiger partial charge >= 0.3 is 5.97 Å². The summed E-state index contributed by atoms with van der Waals surface area (Å²) in [6, 6.07) is -0.0753. The molecule has 0 spiro atoms. The molecular formula is C14H20N2O3S. The van der Waals surface area contributed by atoms with Crippen molar-refractivity contribution >= 4 is 29.3 Å². The van der Waals surface area contributed by atoms with Crippen LogP contribution in [0, 0.1) is 6.92 Å². The van der Waals surface area contributed by atoms with Gasteiger partial charge in [0.1, 0.15) is 6.54 Å². The van der Waals surface area contributed by atoms with Crippen LogP contribution >= 0.6 is 11.3 Å². The van der Waals surface area contributed by atoms with Crippen LogP contribution in [-0.2, 0) is 14.3 Å². The molecule has 0 bridgehead atoms. The standard InChI is InChI=1S/C14H20N2O3S/c1-5-19-14(18)8-16(10(2)3)13(17)7-6-12-9-20-11(4)15-12/h6-7,9-10H,5,8H2,1-4H3/b7-6+. The summed E-state index contributed by atoms with van der Waals surface area (Å²) >= 11 is 1.53. The van der Waals surface area contributed by atoms with Crippen LogP contribution in [0.1, 0.15) is 31.5 Å². The van der Waals surface area contributed by atoms with Crippen LogP contribution in [0.25, 0.3) is 6.08 Å². The molecule has 1 amide bonds. The smallest absolute Gasteiger partial charge is 0.325 e. The number of rotatable bonds is 6. The average molecular weight is 296 g/mol. The lowest BCUT2D eigenvalue weighted by Crippen LogP contribution is -2.40. The summed E-state index contributed by atoms with van der Waals surface area (Å²) in [7, 11) is 0. The number of esters is 1. The first kappa shape index (κ1) is 16.4. The van der Waals surface area contributed by atoms with Crippen molar-refractivity contribution in [1.82, 2.24) is 9.88 Å². The summed E-state index contributed by atoms with van der Waals surface area (Å²) in [5.41, 5.74) is 0.751. The summed E-state index contributed by atoms with van der Waals surface area (Å²) in [6.07, 6.45) is 3.10. The third kappa shape index (κ3) is 5.13.